The molecule has 0 saturated carbocycles. The van der Waals surface area contributed by atoms with Crippen LogP contribution in [0.1, 0.15) is 25.2 Å². The van der Waals surface area contributed by atoms with E-state index < -0.39 is 0 Å². The second kappa shape index (κ2) is 5.98. The number of hydrogen-bond acceptors (Lipinski definition) is 4. The van der Waals surface area contributed by atoms with Crippen LogP contribution in [-0.2, 0) is 18.2 Å². The molecule has 1 unspecified atom stereocenters. The van der Waals surface area contributed by atoms with Gasteiger partial charge in [0.1, 0.15) is 0 Å². The molecule has 1 atom stereocenters. The van der Waals surface area contributed by atoms with Gasteiger partial charge in [0.2, 0.25) is 0 Å². The molecule has 0 aliphatic carbocycles. The predicted molar refractivity (Wildman–Crippen MR) is 63.8 cm³/mol. The van der Waals surface area contributed by atoms with Gasteiger partial charge >= 0.3 is 0 Å². The Bertz CT molecular complexity index is 322. The van der Waals surface area contributed by atoms with Gasteiger partial charge < -0.3 is 4.74 Å². The van der Waals surface area contributed by atoms with Crippen molar-refractivity contribution in [1.82, 2.24) is 15.2 Å². The van der Waals surface area contributed by atoms with Crippen LogP contribution in [0.5, 0.6) is 0 Å². The molecule has 1 aromatic heterocycles. The van der Waals surface area contributed by atoms with Crippen LogP contribution in [0.2, 0.25) is 0 Å². The highest BCUT2D eigenvalue weighted by atomic mass is 16.5. The highest BCUT2D eigenvalue weighted by Gasteiger charge is 2.12. The van der Waals surface area contributed by atoms with Crippen molar-refractivity contribution < 1.29 is 4.74 Å². The molecule has 0 spiro atoms. The second-order valence-electron chi connectivity index (χ2n) is 4.35. The van der Waals surface area contributed by atoms with Crippen LogP contribution in [-0.4, -0.2) is 28.5 Å². The van der Waals surface area contributed by atoms with Crippen LogP contribution in [0.4, 0.5) is 0 Å². The summed E-state index contributed by atoms with van der Waals surface area (Å²) >= 11 is 0. The van der Waals surface area contributed by atoms with Gasteiger partial charge in [0, 0.05) is 25.2 Å². The quantitative estimate of drug-likeness (QED) is 0.548. The SMILES string of the molecule is Cc1cc(CC(COC(C)C)NN)n(C)n1. The minimum Gasteiger partial charge on any atom is -0.377 e. The standard InChI is InChI=1S/C11H22N4O/c1-8(2)16-7-10(13-12)6-11-5-9(3)14-15(11)4/h5,8,10,13H,6-7,12H2,1-4H3. The van der Waals surface area contributed by atoms with E-state index >= 15 is 0 Å². The fourth-order valence-electron chi connectivity index (χ4n) is 1.58. The number of hydrogen-bond donors (Lipinski definition) is 2. The fourth-order valence-corrected chi connectivity index (χ4v) is 1.58. The van der Waals surface area contributed by atoms with Gasteiger partial charge in [-0.3, -0.25) is 16.0 Å². The van der Waals surface area contributed by atoms with Gasteiger partial charge in [-0.2, -0.15) is 5.10 Å². The Morgan fingerprint density at radius 2 is 2.25 bits per heavy atom. The van der Waals surface area contributed by atoms with Crippen molar-refractivity contribution >= 4 is 0 Å². The number of nitrogens with two attached hydrogens (primary N) is 1. The molecule has 0 aliphatic heterocycles. The van der Waals surface area contributed by atoms with Crippen LogP contribution >= 0.6 is 0 Å². The third-order valence-electron chi connectivity index (χ3n) is 2.42. The molecule has 0 saturated heterocycles. The van der Waals surface area contributed by atoms with Crippen LogP contribution in [0.25, 0.3) is 0 Å². The number of nitrogens with one attached hydrogen (secondary N) is 1. The lowest BCUT2D eigenvalue weighted by Crippen LogP contribution is -2.41. The summed E-state index contributed by atoms with van der Waals surface area (Å²) in [6.07, 6.45) is 1.05. The van der Waals surface area contributed by atoms with E-state index in [-0.39, 0.29) is 12.1 Å². The van der Waals surface area contributed by atoms with Crippen molar-refractivity contribution in [3.63, 3.8) is 0 Å². The monoisotopic (exact) mass is 226 g/mol. The molecule has 0 fully saturated rings. The van der Waals surface area contributed by atoms with Crippen molar-refractivity contribution in [1.29, 1.82) is 0 Å². The molecule has 0 aliphatic rings. The summed E-state index contributed by atoms with van der Waals surface area (Å²) < 4.78 is 7.43. The number of aryl methyl sites for hydroxylation is 2. The lowest BCUT2D eigenvalue weighted by molar-refractivity contribution is 0.0609. The zero-order chi connectivity index (χ0) is 12.1. The zero-order valence-corrected chi connectivity index (χ0v) is 10.5. The highest BCUT2D eigenvalue weighted by Crippen LogP contribution is 2.06. The van der Waals surface area contributed by atoms with Gasteiger partial charge in [-0.15, -0.1) is 0 Å². The fraction of sp³-hybridized carbons (Fsp3) is 0.727. The molecule has 0 radical (unpaired) electrons. The van der Waals surface area contributed by atoms with E-state index in [1.165, 1.54) is 0 Å². The maximum absolute atomic E-state index is 5.54. The number of rotatable bonds is 6. The summed E-state index contributed by atoms with van der Waals surface area (Å²) in [7, 11) is 1.94. The van der Waals surface area contributed by atoms with Gasteiger partial charge in [0.05, 0.1) is 18.4 Å². The molecule has 0 bridgehead atoms. The van der Waals surface area contributed by atoms with E-state index in [9.17, 15) is 0 Å². The van der Waals surface area contributed by atoms with Gasteiger partial charge in [0.15, 0.2) is 0 Å². The Morgan fingerprint density at radius 1 is 1.56 bits per heavy atom. The molecule has 1 aromatic rings. The summed E-state index contributed by atoms with van der Waals surface area (Å²) in [6.45, 7) is 6.63. The molecule has 5 heteroatoms. The number of aromatic nitrogens is 2. The first-order chi connectivity index (χ1) is 7.52. The maximum atomic E-state index is 5.54. The van der Waals surface area contributed by atoms with Gasteiger partial charge in [0.25, 0.3) is 0 Å². The van der Waals surface area contributed by atoms with Crippen LogP contribution in [0, 0.1) is 6.92 Å². The summed E-state index contributed by atoms with van der Waals surface area (Å²) in [4.78, 5) is 0. The first-order valence-electron chi connectivity index (χ1n) is 5.60. The summed E-state index contributed by atoms with van der Waals surface area (Å²) in [5.41, 5.74) is 4.96. The smallest absolute Gasteiger partial charge is 0.0640 e. The van der Waals surface area contributed by atoms with Gasteiger partial charge in [-0.1, -0.05) is 0 Å². The molecule has 1 rings (SSSR count). The summed E-state index contributed by atoms with van der Waals surface area (Å²) in [5.74, 6) is 5.50. The lowest BCUT2D eigenvalue weighted by atomic mass is 10.1. The van der Waals surface area contributed by atoms with E-state index in [4.69, 9.17) is 10.6 Å². The average Bonchev–Trinajstić information content (AvgIpc) is 2.51. The minimum absolute atomic E-state index is 0.122. The molecule has 92 valence electrons. The van der Waals surface area contributed by atoms with Crippen molar-refractivity contribution in [3.05, 3.63) is 17.5 Å². The number of nitrogens with zero attached hydrogens (tertiary/aromatic N) is 2. The summed E-state index contributed by atoms with van der Waals surface area (Å²) in [6, 6.07) is 2.19. The maximum Gasteiger partial charge on any atom is 0.0640 e. The lowest BCUT2D eigenvalue weighted by Gasteiger charge is -2.17. The Hall–Kier alpha value is -0.910. The first kappa shape index (κ1) is 13.2. The van der Waals surface area contributed by atoms with E-state index in [1.54, 1.807) is 0 Å². The minimum atomic E-state index is 0.122. The Kier molecular flexibility index (Phi) is 4.92. The van der Waals surface area contributed by atoms with Gasteiger partial charge in [-0.05, 0) is 26.8 Å². The third kappa shape index (κ3) is 3.92. The van der Waals surface area contributed by atoms with Crippen molar-refractivity contribution in [3.8, 4) is 0 Å². The normalized spacial score (nSPS) is 13.4. The van der Waals surface area contributed by atoms with Crippen LogP contribution in [0.3, 0.4) is 0 Å². The Labute approximate surface area is 96.9 Å². The molecular formula is C11H22N4O. The number of ether oxygens (including phenoxy) is 1. The van der Waals surface area contributed by atoms with Gasteiger partial charge in [-0.25, -0.2) is 0 Å². The molecule has 0 amide bonds. The largest absolute Gasteiger partial charge is 0.377 e. The van der Waals surface area contributed by atoms with E-state index in [0.29, 0.717) is 6.61 Å². The Balaban J connectivity index is 2.52. The molecule has 1 heterocycles. The van der Waals surface area contributed by atoms with Crippen molar-refractivity contribution in [2.45, 2.75) is 39.3 Å². The van der Waals surface area contributed by atoms with Crippen molar-refractivity contribution in [2.24, 2.45) is 12.9 Å². The molecule has 5 nitrogen and oxygen atoms in total. The van der Waals surface area contributed by atoms with Crippen molar-refractivity contribution in [2.75, 3.05) is 6.61 Å². The molecule has 3 N–H and O–H groups in total. The Morgan fingerprint density at radius 3 is 2.69 bits per heavy atom. The molecule has 16 heavy (non-hydrogen) atoms. The topological polar surface area (TPSA) is 65.1 Å². The first-order valence-corrected chi connectivity index (χ1v) is 5.60. The molecular weight excluding hydrogens is 204 g/mol. The highest BCUT2D eigenvalue weighted by molar-refractivity contribution is 5.09. The van der Waals surface area contributed by atoms with Crippen LogP contribution < -0.4 is 11.3 Å². The second-order valence-corrected chi connectivity index (χ2v) is 4.35. The summed E-state index contributed by atoms with van der Waals surface area (Å²) in [5, 5.41) is 4.30. The number of hydrazine groups is 1. The van der Waals surface area contributed by atoms with E-state index in [2.05, 4.69) is 16.6 Å². The average molecular weight is 226 g/mol. The molecule has 0 aromatic carbocycles. The third-order valence-corrected chi connectivity index (χ3v) is 2.42. The predicted octanol–water partition coefficient (Wildman–Crippen LogP) is 0.528. The van der Waals surface area contributed by atoms with Crippen LogP contribution in [0.15, 0.2) is 6.07 Å². The zero-order valence-electron chi connectivity index (χ0n) is 10.5. The van der Waals surface area contributed by atoms with E-state index in [0.717, 1.165) is 17.8 Å². The van der Waals surface area contributed by atoms with E-state index in [1.807, 2.05) is 32.5 Å².